The van der Waals surface area contributed by atoms with Gasteiger partial charge in [-0.15, -0.1) is 11.3 Å². The van der Waals surface area contributed by atoms with Gasteiger partial charge < -0.3 is 4.90 Å². The minimum Gasteiger partial charge on any atom is -0.339 e. The number of benzene rings is 1. The zero-order valence-corrected chi connectivity index (χ0v) is 15.8. The number of aryl methyl sites for hydroxylation is 2. The van der Waals surface area contributed by atoms with Crippen LogP contribution in [-0.2, 0) is 11.2 Å². The Morgan fingerprint density at radius 1 is 1.25 bits per heavy atom. The van der Waals surface area contributed by atoms with E-state index in [2.05, 4.69) is 49.9 Å². The molecule has 1 amide bonds. The van der Waals surface area contributed by atoms with E-state index in [-0.39, 0.29) is 5.91 Å². The number of hydrogen-bond donors (Lipinski definition) is 0. The third kappa shape index (κ3) is 4.04. The first-order chi connectivity index (χ1) is 11.4. The van der Waals surface area contributed by atoms with Crippen molar-refractivity contribution >= 4 is 17.2 Å². The highest BCUT2D eigenvalue weighted by molar-refractivity contribution is 7.12. The summed E-state index contributed by atoms with van der Waals surface area (Å²) in [6.45, 7) is 9.32. The van der Waals surface area contributed by atoms with Gasteiger partial charge in [0.15, 0.2) is 0 Å². The molecule has 0 atom stereocenters. The molecule has 128 valence electrons. The summed E-state index contributed by atoms with van der Waals surface area (Å²) in [6, 6.07) is 8.88. The maximum Gasteiger partial charge on any atom is 0.228 e. The highest BCUT2D eigenvalue weighted by Crippen LogP contribution is 2.32. The maximum absolute atomic E-state index is 12.9. The fraction of sp³-hybridized carbons (Fsp3) is 0.500. The fourth-order valence-electron chi connectivity index (χ4n) is 3.00. The fourth-order valence-corrected chi connectivity index (χ4v) is 3.95. The molecule has 0 spiro atoms. The summed E-state index contributed by atoms with van der Waals surface area (Å²) in [4.78, 5) is 20.8. The van der Waals surface area contributed by atoms with Gasteiger partial charge in [-0.25, -0.2) is 4.98 Å². The molecule has 3 rings (SSSR count). The van der Waals surface area contributed by atoms with E-state index in [1.54, 1.807) is 11.3 Å². The first-order valence-electron chi connectivity index (χ1n) is 8.77. The van der Waals surface area contributed by atoms with Gasteiger partial charge in [0.2, 0.25) is 5.91 Å². The van der Waals surface area contributed by atoms with Crippen molar-refractivity contribution in [1.82, 2.24) is 9.88 Å². The summed E-state index contributed by atoms with van der Waals surface area (Å²) in [6.07, 6.45) is 2.79. The minimum atomic E-state index is 0.253. The number of nitrogens with zero attached hydrogens (tertiary/aromatic N) is 2. The van der Waals surface area contributed by atoms with Crippen LogP contribution in [-0.4, -0.2) is 28.4 Å². The van der Waals surface area contributed by atoms with Gasteiger partial charge in [-0.05, 0) is 32.6 Å². The van der Waals surface area contributed by atoms with E-state index in [0.717, 1.165) is 40.5 Å². The number of carbonyl (C=O) groups excluding carboxylic acids is 1. The quantitative estimate of drug-likeness (QED) is 0.767. The molecule has 2 aromatic rings. The Labute approximate surface area is 148 Å². The summed E-state index contributed by atoms with van der Waals surface area (Å²) in [5, 5.41) is 1.02. The van der Waals surface area contributed by atoms with Crippen LogP contribution in [0.15, 0.2) is 24.3 Å². The molecule has 0 bridgehead atoms. The Morgan fingerprint density at radius 2 is 1.92 bits per heavy atom. The third-order valence-electron chi connectivity index (χ3n) is 4.31. The Bertz CT molecular complexity index is 714. The van der Waals surface area contributed by atoms with E-state index in [1.165, 1.54) is 5.56 Å². The van der Waals surface area contributed by atoms with Crippen molar-refractivity contribution in [3.63, 3.8) is 0 Å². The second-order valence-corrected chi connectivity index (χ2v) is 8.51. The molecule has 1 saturated carbocycles. The Morgan fingerprint density at radius 3 is 2.50 bits per heavy atom. The molecule has 24 heavy (non-hydrogen) atoms. The number of thiazole rings is 1. The molecule has 3 nitrogen and oxygen atoms in total. The normalized spacial score (nSPS) is 14.2. The summed E-state index contributed by atoms with van der Waals surface area (Å²) in [5.74, 6) is 0.762. The molecule has 1 aliphatic rings. The molecule has 0 aliphatic heterocycles. The topological polar surface area (TPSA) is 33.2 Å². The van der Waals surface area contributed by atoms with E-state index < -0.39 is 0 Å². The molecule has 1 aromatic heterocycles. The molecule has 0 unspecified atom stereocenters. The van der Waals surface area contributed by atoms with Gasteiger partial charge in [-0.1, -0.05) is 43.7 Å². The zero-order valence-electron chi connectivity index (χ0n) is 15.0. The lowest BCUT2D eigenvalue weighted by molar-refractivity contribution is -0.131. The van der Waals surface area contributed by atoms with E-state index in [0.29, 0.717) is 18.4 Å². The van der Waals surface area contributed by atoms with Crippen molar-refractivity contribution < 1.29 is 4.79 Å². The average Bonchev–Trinajstić information content (AvgIpc) is 3.29. The standard InChI is InChI=1S/C20H26N2OS/c1-13(2)12-22(17-9-10-17)19(23)11-18-20(21-15(4)24-18)16-7-5-14(3)6-8-16/h5-8,13,17H,9-12H2,1-4H3. The third-order valence-corrected chi connectivity index (χ3v) is 5.28. The molecule has 4 heteroatoms. The van der Waals surface area contributed by atoms with Gasteiger partial charge in [0.1, 0.15) is 0 Å². The van der Waals surface area contributed by atoms with Crippen LogP contribution >= 0.6 is 11.3 Å². The molecular formula is C20H26N2OS. The molecule has 0 N–H and O–H groups in total. The number of carbonyl (C=O) groups is 1. The highest BCUT2D eigenvalue weighted by atomic mass is 32.1. The molecular weight excluding hydrogens is 316 g/mol. The van der Waals surface area contributed by atoms with Crippen molar-refractivity contribution in [3.05, 3.63) is 39.7 Å². The SMILES string of the molecule is Cc1ccc(-c2nc(C)sc2CC(=O)N(CC(C)C)C2CC2)cc1. The van der Waals surface area contributed by atoms with Crippen LogP contribution in [0.3, 0.4) is 0 Å². The van der Waals surface area contributed by atoms with Gasteiger partial charge in [0.05, 0.1) is 17.1 Å². The minimum absolute atomic E-state index is 0.253. The number of hydrogen-bond acceptors (Lipinski definition) is 3. The van der Waals surface area contributed by atoms with Crippen LogP contribution in [0.25, 0.3) is 11.3 Å². The number of rotatable bonds is 6. The lowest BCUT2D eigenvalue weighted by atomic mass is 10.1. The van der Waals surface area contributed by atoms with Crippen molar-refractivity contribution in [3.8, 4) is 11.3 Å². The predicted octanol–water partition coefficient (Wildman–Crippen LogP) is 4.62. The lowest BCUT2D eigenvalue weighted by Gasteiger charge is -2.24. The second-order valence-electron chi connectivity index (χ2n) is 7.22. The van der Waals surface area contributed by atoms with Crippen molar-refractivity contribution in [2.45, 2.75) is 53.0 Å². The van der Waals surface area contributed by atoms with E-state index in [1.807, 2.05) is 6.92 Å². The molecule has 1 fully saturated rings. The maximum atomic E-state index is 12.9. The summed E-state index contributed by atoms with van der Waals surface area (Å²) >= 11 is 1.65. The predicted molar refractivity (Wildman–Crippen MR) is 100 cm³/mol. The Kier molecular flexibility index (Phi) is 5.04. The summed E-state index contributed by atoms with van der Waals surface area (Å²) < 4.78 is 0. The molecule has 1 heterocycles. The van der Waals surface area contributed by atoms with Gasteiger partial charge in [0, 0.05) is 23.0 Å². The van der Waals surface area contributed by atoms with Crippen LogP contribution in [0, 0.1) is 19.8 Å². The molecule has 0 saturated heterocycles. The lowest BCUT2D eigenvalue weighted by Crippen LogP contribution is -2.37. The van der Waals surface area contributed by atoms with Crippen LogP contribution in [0.4, 0.5) is 0 Å². The van der Waals surface area contributed by atoms with Crippen LogP contribution in [0.5, 0.6) is 0 Å². The van der Waals surface area contributed by atoms with E-state index in [9.17, 15) is 4.79 Å². The molecule has 0 radical (unpaired) electrons. The van der Waals surface area contributed by atoms with Gasteiger partial charge >= 0.3 is 0 Å². The molecule has 1 aromatic carbocycles. The molecule has 1 aliphatic carbocycles. The summed E-state index contributed by atoms with van der Waals surface area (Å²) in [5.41, 5.74) is 3.32. The van der Waals surface area contributed by atoms with E-state index >= 15 is 0 Å². The van der Waals surface area contributed by atoms with Gasteiger partial charge in [-0.2, -0.15) is 0 Å². The Hall–Kier alpha value is -1.68. The van der Waals surface area contributed by atoms with Crippen molar-refractivity contribution in [2.24, 2.45) is 5.92 Å². The number of aromatic nitrogens is 1. The van der Waals surface area contributed by atoms with Crippen molar-refractivity contribution in [2.75, 3.05) is 6.54 Å². The first kappa shape index (κ1) is 17.2. The summed E-state index contributed by atoms with van der Waals surface area (Å²) in [7, 11) is 0. The zero-order chi connectivity index (χ0) is 17.3. The highest BCUT2D eigenvalue weighted by Gasteiger charge is 2.33. The first-order valence-corrected chi connectivity index (χ1v) is 9.58. The smallest absolute Gasteiger partial charge is 0.228 e. The van der Waals surface area contributed by atoms with Crippen LogP contribution in [0.2, 0.25) is 0 Å². The second kappa shape index (κ2) is 7.06. The van der Waals surface area contributed by atoms with Crippen molar-refractivity contribution in [1.29, 1.82) is 0 Å². The monoisotopic (exact) mass is 342 g/mol. The van der Waals surface area contributed by atoms with E-state index in [4.69, 9.17) is 4.98 Å². The number of amides is 1. The van der Waals surface area contributed by atoms with Gasteiger partial charge in [-0.3, -0.25) is 4.79 Å². The van der Waals surface area contributed by atoms with Gasteiger partial charge in [0.25, 0.3) is 0 Å². The van der Waals surface area contributed by atoms with Crippen LogP contribution < -0.4 is 0 Å². The average molecular weight is 343 g/mol. The largest absolute Gasteiger partial charge is 0.339 e. The van der Waals surface area contributed by atoms with Crippen LogP contribution in [0.1, 0.15) is 42.1 Å². The Balaban J connectivity index is 1.82.